The van der Waals surface area contributed by atoms with Gasteiger partial charge in [0.1, 0.15) is 0 Å². The Hall–Kier alpha value is -2.30. The van der Waals surface area contributed by atoms with Gasteiger partial charge in [0.05, 0.1) is 6.61 Å². The van der Waals surface area contributed by atoms with Gasteiger partial charge in [0.15, 0.2) is 5.69 Å². The van der Waals surface area contributed by atoms with Crippen molar-refractivity contribution in [2.24, 2.45) is 0 Å². The van der Waals surface area contributed by atoms with Crippen molar-refractivity contribution in [3.8, 4) is 6.01 Å². The fourth-order valence-corrected chi connectivity index (χ4v) is 1.75. The van der Waals surface area contributed by atoms with Crippen molar-refractivity contribution in [2.45, 2.75) is 26.7 Å². The molecule has 1 heterocycles. The third kappa shape index (κ3) is 3.60. The third-order valence-electron chi connectivity index (χ3n) is 2.85. The molecule has 106 valence electrons. The summed E-state index contributed by atoms with van der Waals surface area (Å²) < 4.78 is 5.46. The van der Waals surface area contributed by atoms with Crippen LogP contribution in [0.1, 0.15) is 35.9 Å². The summed E-state index contributed by atoms with van der Waals surface area (Å²) in [5.74, 6) is -0.240. The molecule has 0 bridgehead atoms. The summed E-state index contributed by atoms with van der Waals surface area (Å²) >= 11 is 0. The van der Waals surface area contributed by atoms with Gasteiger partial charge in [0.2, 0.25) is 0 Å². The van der Waals surface area contributed by atoms with E-state index in [-0.39, 0.29) is 5.91 Å². The van der Waals surface area contributed by atoms with Crippen LogP contribution in [-0.4, -0.2) is 22.5 Å². The largest absolute Gasteiger partial charge is 0.465 e. The summed E-state index contributed by atoms with van der Waals surface area (Å²) in [6.07, 6.45) is 2.02. The second-order valence-corrected chi connectivity index (χ2v) is 4.54. The second-order valence-electron chi connectivity index (χ2n) is 4.54. The first-order chi connectivity index (χ1) is 9.70. The lowest BCUT2D eigenvalue weighted by molar-refractivity contribution is 0.102. The maximum Gasteiger partial charge on any atom is 0.294 e. The Kier molecular flexibility index (Phi) is 4.76. The Bertz CT molecular complexity index is 564. The number of unbranched alkanes of at least 4 members (excludes halogenated alkanes) is 1. The standard InChI is InChI=1S/C15H19N3O2/c1-3-4-10-20-15-16-11(2)13(18-15)14(19)17-12-8-6-5-7-9-12/h5-9H,3-4,10H2,1-2H3,(H,16,18)(H,17,19). The molecule has 2 rings (SSSR count). The Morgan fingerprint density at radius 3 is 2.80 bits per heavy atom. The van der Waals surface area contributed by atoms with Gasteiger partial charge in [-0.25, -0.2) is 0 Å². The summed E-state index contributed by atoms with van der Waals surface area (Å²) in [6.45, 7) is 4.50. The molecule has 0 saturated carbocycles. The molecule has 0 fully saturated rings. The fourth-order valence-electron chi connectivity index (χ4n) is 1.75. The van der Waals surface area contributed by atoms with Gasteiger partial charge in [-0.15, -0.1) is 0 Å². The Morgan fingerprint density at radius 1 is 1.35 bits per heavy atom. The monoisotopic (exact) mass is 273 g/mol. The highest BCUT2D eigenvalue weighted by Gasteiger charge is 2.15. The summed E-state index contributed by atoms with van der Waals surface area (Å²) in [5, 5.41) is 2.80. The van der Waals surface area contributed by atoms with Crippen molar-refractivity contribution in [1.29, 1.82) is 0 Å². The molecular weight excluding hydrogens is 254 g/mol. The maximum atomic E-state index is 12.1. The first kappa shape index (κ1) is 14.1. The molecule has 0 aliphatic rings. The first-order valence-corrected chi connectivity index (χ1v) is 6.76. The average molecular weight is 273 g/mol. The minimum absolute atomic E-state index is 0.240. The molecule has 1 aromatic carbocycles. The van der Waals surface area contributed by atoms with E-state index in [2.05, 4.69) is 22.2 Å². The number of aromatic nitrogens is 2. The number of nitrogens with zero attached hydrogens (tertiary/aromatic N) is 1. The number of para-hydroxylation sites is 1. The minimum atomic E-state index is -0.240. The molecule has 20 heavy (non-hydrogen) atoms. The van der Waals surface area contributed by atoms with Crippen molar-refractivity contribution in [2.75, 3.05) is 11.9 Å². The summed E-state index contributed by atoms with van der Waals surface area (Å²) in [5.41, 5.74) is 1.80. The first-order valence-electron chi connectivity index (χ1n) is 6.76. The van der Waals surface area contributed by atoms with E-state index < -0.39 is 0 Å². The van der Waals surface area contributed by atoms with Gasteiger partial charge in [0, 0.05) is 11.4 Å². The van der Waals surface area contributed by atoms with E-state index in [4.69, 9.17) is 4.74 Å². The summed E-state index contributed by atoms with van der Waals surface area (Å²) in [7, 11) is 0. The van der Waals surface area contributed by atoms with Gasteiger partial charge in [-0.2, -0.15) is 4.98 Å². The molecule has 2 N–H and O–H groups in total. The molecule has 0 unspecified atom stereocenters. The van der Waals surface area contributed by atoms with Gasteiger partial charge >= 0.3 is 0 Å². The van der Waals surface area contributed by atoms with Gasteiger partial charge in [0.25, 0.3) is 11.9 Å². The molecule has 5 heteroatoms. The number of H-pyrrole nitrogens is 1. The number of hydrogen-bond donors (Lipinski definition) is 2. The van der Waals surface area contributed by atoms with Crippen LogP contribution in [0.3, 0.4) is 0 Å². The van der Waals surface area contributed by atoms with Crippen LogP contribution in [0.4, 0.5) is 5.69 Å². The summed E-state index contributed by atoms with van der Waals surface area (Å²) in [6, 6.07) is 9.69. The van der Waals surface area contributed by atoms with E-state index in [0.717, 1.165) is 18.5 Å². The lowest BCUT2D eigenvalue weighted by Crippen LogP contribution is -2.13. The Labute approximate surface area is 118 Å². The highest BCUT2D eigenvalue weighted by Crippen LogP contribution is 2.14. The quantitative estimate of drug-likeness (QED) is 0.794. The third-order valence-corrected chi connectivity index (χ3v) is 2.85. The number of ether oxygens (including phenoxy) is 1. The van der Waals surface area contributed by atoms with Crippen LogP contribution in [0, 0.1) is 6.92 Å². The molecule has 5 nitrogen and oxygen atoms in total. The molecule has 0 radical (unpaired) electrons. The normalized spacial score (nSPS) is 10.3. The zero-order valence-electron chi connectivity index (χ0n) is 11.8. The van der Waals surface area contributed by atoms with Gasteiger partial charge in [-0.05, 0) is 25.5 Å². The van der Waals surface area contributed by atoms with Crippen LogP contribution in [-0.2, 0) is 0 Å². The molecule has 0 atom stereocenters. The van der Waals surface area contributed by atoms with Crippen LogP contribution in [0.15, 0.2) is 30.3 Å². The molecular formula is C15H19N3O2. The van der Waals surface area contributed by atoms with Gasteiger partial charge in [-0.1, -0.05) is 31.5 Å². The SMILES string of the molecule is CCCCOc1nc(C(=O)Nc2ccccc2)c(C)[nH]1. The van der Waals surface area contributed by atoms with E-state index in [1.165, 1.54) is 0 Å². The lowest BCUT2D eigenvalue weighted by Gasteiger charge is -2.02. The lowest BCUT2D eigenvalue weighted by atomic mass is 10.3. The molecule has 2 aromatic rings. The van der Waals surface area contributed by atoms with Crippen molar-refractivity contribution in [3.63, 3.8) is 0 Å². The van der Waals surface area contributed by atoms with Gasteiger partial charge < -0.3 is 15.0 Å². The number of imidazole rings is 1. The maximum absolute atomic E-state index is 12.1. The fraction of sp³-hybridized carbons (Fsp3) is 0.333. The number of aromatic amines is 1. The van der Waals surface area contributed by atoms with Gasteiger partial charge in [-0.3, -0.25) is 4.79 Å². The zero-order valence-corrected chi connectivity index (χ0v) is 11.8. The number of nitrogens with one attached hydrogen (secondary N) is 2. The van der Waals surface area contributed by atoms with E-state index in [1.54, 1.807) is 6.92 Å². The van der Waals surface area contributed by atoms with Crippen LogP contribution in [0.25, 0.3) is 0 Å². The number of rotatable bonds is 6. The van der Waals surface area contributed by atoms with Crippen molar-refractivity contribution >= 4 is 11.6 Å². The predicted octanol–water partition coefficient (Wildman–Crippen LogP) is 3.15. The number of aryl methyl sites for hydroxylation is 1. The van der Waals surface area contributed by atoms with E-state index in [1.807, 2.05) is 30.3 Å². The molecule has 0 aliphatic heterocycles. The highest BCUT2D eigenvalue weighted by atomic mass is 16.5. The van der Waals surface area contributed by atoms with Crippen molar-refractivity contribution in [3.05, 3.63) is 41.7 Å². The number of hydrogen-bond acceptors (Lipinski definition) is 3. The highest BCUT2D eigenvalue weighted by molar-refractivity contribution is 6.03. The Balaban J connectivity index is 2.02. The number of amides is 1. The van der Waals surface area contributed by atoms with E-state index >= 15 is 0 Å². The smallest absolute Gasteiger partial charge is 0.294 e. The van der Waals surface area contributed by atoms with E-state index in [9.17, 15) is 4.79 Å². The number of benzene rings is 1. The van der Waals surface area contributed by atoms with Crippen molar-refractivity contribution < 1.29 is 9.53 Å². The minimum Gasteiger partial charge on any atom is -0.465 e. The van der Waals surface area contributed by atoms with E-state index in [0.29, 0.717) is 24.0 Å². The molecule has 0 saturated heterocycles. The summed E-state index contributed by atoms with van der Waals surface area (Å²) in [4.78, 5) is 19.3. The average Bonchev–Trinajstić information content (AvgIpc) is 2.81. The Morgan fingerprint density at radius 2 is 2.10 bits per heavy atom. The molecule has 1 amide bonds. The van der Waals surface area contributed by atoms with Crippen LogP contribution in [0.5, 0.6) is 6.01 Å². The number of carbonyl (C=O) groups excluding carboxylic acids is 1. The zero-order chi connectivity index (χ0) is 14.4. The number of carbonyl (C=O) groups is 1. The van der Waals surface area contributed by atoms with Crippen LogP contribution in [0.2, 0.25) is 0 Å². The van der Waals surface area contributed by atoms with Crippen LogP contribution >= 0.6 is 0 Å². The predicted molar refractivity (Wildman–Crippen MR) is 78.1 cm³/mol. The molecule has 0 aliphatic carbocycles. The topological polar surface area (TPSA) is 67.0 Å². The molecule has 1 aromatic heterocycles. The molecule has 0 spiro atoms. The second kappa shape index (κ2) is 6.75. The van der Waals surface area contributed by atoms with Crippen molar-refractivity contribution in [1.82, 2.24) is 9.97 Å². The number of anilines is 1. The van der Waals surface area contributed by atoms with Crippen LogP contribution < -0.4 is 10.1 Å².